The summed E-state index contributed by atoms with van der Waals surface area (Å²) in [6, 6.07) is 23.9. The molecule has 0 unspecified atom stereocenters. The largest absolute Gasteiger partial charge is 0.445 e. The van der Waals surface area contributed by atoms with Crippen LogP contribution in [0.1, 0.15) is 50.3 Å². The highest BCUT2D eigenvalue weighted by atomic mass is 16.5. The third-order valence-electron chi connectivity index (χ3n) is 7.50. The van der Waals surface area contributed by atoms with Crippen molar-refractivity contribution < 1.29 is 29.1 Å². The summed E-state index contributed by atoms with van der Waals surface area (Å²) in [6.45, 7) is 5.89. The van der Waals surface area contributed by atoms with Crippen molar-refractivity contribution in [3.63, 3.8) is 0 Å². The first-order valence-corrected chi connectivity index (χ1v) is 15.2. The Labute approximate surface area is 264 Å². The average molecular weight is 615 g/mol. The van der Waals surface area contributed by atoms with Crippen LogP contribution in [0.15, 0.2) is 91.0 Å². The van der Waals surface area contributed by atoms with E-state index in [-0.39, 0.29) is 25.4 Å². The number of carbonyl (C=O) groups is 4. The van der Waals surface area contributed by atoms with Crippen LogP contribution in [0.4, 0.5) is 4.79 Å². The Hall–Kier alpha value is -4.70. The highest BCUT2D eigenvalue weighted by Gasteiger charge is 2.42. The molecular formula is C35H42N4O6. The molecule has 10 heteroatoms. The van der Waals surface area contributed by atoms with Crippen LogP contribution in [0.25, 0.3) is 0 Å². The Balaban J connectivity index is 1.58. The number of amides is 4. The Morgan fingerprint density at radius 3 is 1.96 bits per heavy atom. The second kappa shape index (κ2) is 15.3. The van der Waals surface area contributed by atoms with Crippen molar-refractivity contribution in [2.75, 3.05) is 6.54 Å². The van der Waals surface area contributed by atoms with Crippen molar-refractivity contribution in [1.29, 1.82) is 0 Å². The van der Waals surface area contributed by atoms with Gasteiger partial charge in [0.25, 0.3) is 5.91 Å². The molecule has 3 aromatic carbocycles. The number of carbonyl (C=O) groups excluding carboxylic acids is 4. The summed E-state index contributed by atoms with van der Waals surface area (Å²) >= 11 is 0. The number of nitrogens with one attached hydrogen (secondary N) is 2. The molecule has 3 aromatic rings. The number of hydrogen-bond acceptors (Lipinski definition) is 6. The maximum absolute atomic E-state index is 14.1. The van der Waals surface area contributed by atoms with E-state index in [4.69, 9.17) is 4.74 Å². The third kappa shape index (κ3) is 9.64. The summed E-state index contributed by atoms with van der Waals surface area (Å²) in [6.07, 6.45) is 0.283. The van der Waals surface area contributed by atoms with Gasteiger partial charge >= 0.3 is 6.09 Å². The van der Waals surface area contributed by atoms with Crippen molar-refractivity contribution in [3.05, 3.63) is 108 Å². The van der Waals surface area contributed by atoms with Crippen LogP contribution in [0.5, 0.6) is 0 Å². The van der Waals surface area contributed by atoms with Gasteiger partial charge in [0.15, 0.2) is 0 Å². The quantitative estimate of drug-likeness (QED) is 0.219. The first kappa shape index (κ1) is 33.2. The summed E-state index contributed by atoms with van der Waals surface area (Å²) in [5.74, 6) is -1.71. The van der Waals surface area contributed by atoms with Gasteiger partial charge in [-0.3, -0.25) is 19.6 Å². The number of hydrogen-bond donors (Lipinski definition) is 3. The third-order valence-corrected chi connectivity index (χ3v) is 7.50. The van der Waals surface area contributed by atoms with Crippen LogP contribution in [-0.2, 0) is 38.6 Å². The Morgan fingerprint density at radius 1 is 0.867 bits per heavy atom. The van der Waals surface area contributed by atoms with E-state index in [1.807, 2.05) is 63.2 Å². The molecule has 4 amide bonds. The van der Waals surface area contributed by atoms with E-state index in [1.165, 1.54) is 4.90 Å². The second-order valence-corrected chi connectivity index (χ2v) is 12.3. The lowest BCUT2D eigenvalue weighted by molar-refractivity contribution is -0.185. The van der Waals surface area contributed by atoms with E-state index in [0.29, 0.717) is 30.0 Å². The highest BCUT2D eigenvalue weighted by molar-refractivity contribution is 5.94. The van der Waals surface area contributed by atoms with Gasteiger partial charge in [0.1, 0.15) is 24.7 Å². The molecule has 0 aliphatic carbocycles. The standard InChI is InChI=1S/C35H42N4O6/c1-35(2,3)37-31(40)29-20-13-21-38(29)33(42)30(23-26-16-9-5-10-17-26)39(44)32(41)28(22-25-14-7-4-8-15-25)36-34(43)45-24-27-18-11-6-12-19-27/h4-12,14-19,28-30,44H,13,20-24H2,1-3H3,(H,36,43)(H,37,40)/t28-,29+,30-/m0/s1. The maximum atomic E-state index is 14.1. The number of alkyl carbamates (subject to hydrolysis) is 1. The van der Waals surface area contributed by atoms with Gasteiger partial charge in [-0.25, -0.2) is 9.86 Å². The van der Waals surface area contributed by atoms with Crippen molar-refractivity contribution in [2.24, 2.45) is 0 Å². The van der Waals surface area contributed by atoms with Gasteiger partial charge in [0.2, 0.25) is 11.8 Å². The monoisotopic (exact) mass is 614 g/mol. The molecule has 3 N–H and O–H groups in total. The minimum atomic E-state index is -1.34. The maximum Gasteiger partial charge on any atom is 0.408 e. The molecule has 0 aromatic heterocycles. The lowest BCUT2D eigenvalue weighted by atomic mass is 10.0. The summed E-state index contributed by atoms with van der Waals surface area (Å²) in [5.41, 5.74) is 1.72. The molecule has 4 rings (SSSR count). The molecular weight excluding hydrogens is 572 g/mol. The zero-order valence-corrected chi connectivity index (χ0v) is 26.0. The van der Waals surface area contributed by atoms with Crippen LogP contribution >= 0.6 is 0 Å². The smallest absolute Gasteiger partial charge is 0.408 e. The second-order valence-electron chi connectivity index (χ2n) is 12.3. The van der Waals surface area contributed by atoms with Crippen molar-refractivity contribution in [2.45, 2.75) is 76.7 Å². The molecule has 1 saturated heterocycles. The Bertz CT molecular complexity index is 1430. The molecule has 45 heavy (non-hydrogen) atoms. The number of rotatable bonds is 11. The molecule has 3 atom stereocenters. The van der Waals surface area contributed by atoms with Crippen LogP contribution in [0.2, 0.25) is 0 Å². The number of benzene rings is 3. The lowest BCUT2D eigenvalue weighted by Gasteiger charge is -2.34. The molecule has 1 heterocycles. The van der Waals surface area contributed by atoms with Gasteiger partial charge in [-0.2, -0.15) is 0 Å². The van der Waals surface area contributed by atoms with E-state index in [9.17, 15) is 24.4 Å². The summed E-state index contributed by atoms with van der Waals surface area (Å²) in [4.78, 5) is 55.6. The lowest BCUT2D eigenvalue weighted by Crippen LogP contribution is -2.59. The van der Waals surface area contributed by atoms with Gasteiger partial charge in [-0.05, 0) is 50.3 Å². The highest BCUT2D eigenvalue weighted by Crippen LogP contribution is 2.23. The zero-order chi connectivity index (χ0) is 32.4. The van der Waals surface area contributed by atoms with Gasteiger partial charge in [-0.1, -0.05) is 91.0 Å². The predicted octanol–water partition coefficient (Wildman–Crippen LogP) is 4.26. The van der Waals surface area contributed by atoms with E-state index in [1.54, 1.807) is 48.5 Å². The van der Waals surface area contributed by atoms with Gasteiger partial charge in [-0.15, -0.1) is 0 Å². The summed E-state index contributed by atoms with van der Waals surface area (Å²) < 4.78 is 5.37. The fraction of sp³-hybridized carbons (Fsp3) is 0.371. The van der Waals surface area contributed by atoms with E-state index in [0.717, 1.165) is 11.1 Å². The fourth-order valence-electron chi connectivity index (χ4n) is 5.33. The first-order chi connectivity index (χ1) is 21.5. The topological polar surface area (TPSA) is 128 Å². The van der Waals surface area contributed by atoms with E-state index >= 15 is 0 Å². The van der Waals surface area contributed by atoms with E-state index < -0.39 is 41.6 Å². The average Bonchev–Trinajstić information content (AvgIpc) is 3.53. The number of likely N-dealkylation sites (tertiary alicyclic amines) is 1. The Morgan fingerprint density at radius 2 is 1.40 bits per heavy atom. The molecule has 0 bridgehead atoms. The van der Waals surface area contributed by atoms with Gasteiger partial charge in [0.05, 0.1) is 0 Å². The molecule has 10 nitrogen and oxygen atoms in total. The number of ether oxygens (including phenoxy) is 1. The zero-order valence-electron chi connectivity index (χ0n) is 26.0. The first-order valence-electron chi connectivity index (χ1n) is 15.2. The molecule has 0 spiro atoms. The SMILES string of the molecule is CC(C)(C)NC(=O)[C@H]1CCCN1C(=O)[C@H](Cc1ccccc1)N(O)C(=O)[C@H](Cc1ccccc1)NC(=O)OCc1ccccc1. The van der Waals surface area contributed by atoms with Crippen molar-refractivity contribution >= 4 is 23.8 Å². The van der Waals surface area contributed by atoms with Crippen LogP contribution in [0, 0.1) is 0 Å². The van der Waals surface area contributed by atoms with Gasteiger partial charge < -0.3 is 20.3 Å². The number of hydroxylamine groups is 2. The minimum Gasteiger partial charge on any atom is -0.445 e. The molecule has 1 fully saturated rings. The summed E-state index contributed by atoms with van der Waals surface area (Å²) in [7, 11) is 0. The Kier molecular flexibility index (Phi) is 11.3. The van der Waals surface area contributed by atoms with Gasteiger partial charge in [0, 0.05) is 24.9 Å². The molecule has 0 saturated carbocycles. The fourth-order valence-corrected chi connectivity index (χ4v) is 5.33. The minimum absolute atomic E-state index is 0.00251. The van der Waals surface area contributed by atoms with Crippen LogP contribution in [-0.4, -0.2) is 69.2 Å². The van der Waals surface area contributed by atoms with Crippen molar-refractivity contribution in [3.8, 4) is 0 Å². The number of nitrogens with zero attached hydrogens (tertiary/aromatic N) is 2. The van der Waals surface area contributed by atoms with E-state index in [2.05, 4.69) is 10.6 Å². The normalized spacial score (nSPS) is 15.9. The molecule has 238 valence electrons. The predicted molar refractivity (Wildman–Crippen MR) is 169 cm³/mol. The summed E-state index contributed by atoms with van der Waals surface area (Å²) in [5, 5.41) is 17.4. The molecule has 0 radical (unpaired) electrons. The van der Waals surface area contributed by atoms with Crippen LogP contribution in [0.3, 0.4) is 0 Å². The molecule has 1 aliphatic heterocycles. The van der Waals surface area contributed by atoms with Crippen LogP contribution < -0.4 is 10.6 Å². The van der Waals surface area contributed by atoms with Crippen molar-refractivity contribution in [1.82, 2.24) is 20.6 Å². The molecule has 1 aliphatic rings.